The van der Waals surface area contributed by atoms with Gasteiger partial charge in [0.15, 0.2) is 13.9 Å². The predicted octanol–water partition coefficient (Wildman–Crippen LogP) is 5.57. The molecule has 0 aliphatic carbocycles. The third-order valence-electron chi connectivity index (χ3n) is 9.72. The maximum Gasteiger partial charge on any atom is 0.264 e. The predicted molar refractivity (Wildman–Crippen MR) is 195 cm³/mol. The van der Waals surface area contributed by atoms with Crippen LogP contribution < -0.4 is 16.0 Å². The van der Waals surface area contributed by atoms with Crippen molar-refractivity contribution in [1.29, 1.82) is 0 Å². The first kappa shape index (κ1) is 36.2. The Morgan fingerprint density at radius 3 is 2.55 bits per heavy atom. The van der Waals surface area contributed by atoms with Gasteiger partial charge in [-0.3, -0.25) is 14.3 Å². The highest BCUT2D eigenvalue weighted by atomic mass is 28.4. The fourth-order valence-corrected chi connectivity index (χ4v) is 9.92. The average molecular weight is 687 g/mol. The van der Waals surface area contributed by atoms with Crippen LogP contribution in [0.3, 0.4) is 0 Å². The molecule has 5 N–H and O–H groups in total. The molecule has 0 radical (unpaired) electrons. The maximum absolute atomic E-state index is 14.8. The number of aliphatic hydroxyl groups is 1. The minimum absolute atomic E-state index is 0.0124. The maximum atomic E-state index is 14.8. The van der Waals surface area contributed by atoms with Gasteiger partial charge in [0.2, 0.25) is 0 Å². The zero-order valence-corrected chi connectivity index (χ0v) is 30.4. The molecule has 2 aliphatic rings. The number of hydrogen-bond donors (Lipinski definition) is 4. The van der Waals surface area contributed by atoms with Crippen molar-refractivity contribution < 1.29 is 24.2 Å². The van der Waals surface area contributed by atoms with E-state index in [1.807, 2.05) is 38.2 Å². The second-order valence-electron chi connectivity index (χ2n) is 14.2. The van der Waals surface area contributed by atoms with Gasteiger partial charge in [0.25, 0.3) is 11.8 Å². The Labute approximate surface area is 290 Å². The lowest BCUT2D eigenvalue weighted by atomic mass is 9.82. The highest BCUT2D eigenvalue weighted by molar-refractivity contribution is 6.71. The monoisotopic (exact) mass is 686 g/mol. The largest absolute Gasteiger partial charge is 0.432 e. The number of amides is 2. The standard InChI is InChI=1S/C37H50N6O5Si/c1-24(2)8-7-9-25(3)16-20-43-32-15-14-29(39-35(45)27-10-12-28(38)13-11-27)22-31(32)37(36(43)46)26(4)34(49(5,6)47)33(48-37)17-19-42-23-30(18-21-44)40-41-42/h8,10-16,22-23,26,33-34,44,47H,7,9,17-21,38H2,1-6H3,(H,39,45)/b25-16+/t26-,33+,34-,37+/m0/s1. The summed E-state index contributed by atoms with van der Waals surface area (Å²) in [5.41, 5.74) is 10.4. The summed E-state index contributed by atoms with van der Waals surface area (Å²) >= 11 is 0. The van der Waals surface area contributed by atoms with E-state index >= 15 is 0 Å². The van der Waals surface area contributed by atoms with Gasteiger partial charge in [-0.2, -0.15) is 0 Å². The molecule has 1 fully saturated rings. The van der Waals surface area contributed by atoms with Crippen LogP contribution in [0, 0.1) is 5.92 Å². The van der Waals surface area contributed by atoms with Gasteiger partial charge in [0.1, 0.15) is 0 Å². The lowest BCUT2D eigenvalue weighted by Gasteiger charge is -2.32. The number of nitrogens with one attached hydrogen (secondary N) is 1. The Balaban J connectivity index is 1.51. The van der Waals surface area contributed by atoms with Crippen molar-refractivity contribution in [3.8, 4) is 0 Å². The number of fused-ring (bicyclic) bond motifs is 2. The molecular formula is C37H50N6O5Si. The smallest absolute Gasteiger partial charge is 0.264 e. The Morgan fingerprint density at radius 2 is 1.88 bits per heavy atom. The lowest BCUT2D eigenvalue weighted by molar-refractivity contribution is -0.145. The summed E-state index contributed by atoms with van der Waals surface area (Å²) in [6, 6.07) is 12.3. The van der Waals surface area contributed by atoms with E-state index in [-0.39, 0.29) is 29.9 Å². The molecule has 2 aromatic carbocycles. The third-order valence-corrected chi connectivity index (χ3v) is 12.2. The van der Waals surface area contributed by atoms with Crippen molar-refractivity contribution in [3.63, 3.8) is 0 Å². The number of aliphatic hydroxyl groups excluding tert-OH is 1. The average Bonchev–Trinajstić information content (AvgIpc) is 3.68. The van der Waals surface area contributed by atoms with E-state index in [0.29, 0.717) is 54.1 Å². The summed E-state index contributed by atoms with van der Waals surface area (Å²) in [7, 11) is -2.88. The van der Waals surface area contributed by atoms with Crippen LogP contribution in [0.4, 0.5) is 17.1 Å². The number of nitrogens with zero attached hydrogens (tertiary/aromatic N) is 4. The van der Waals surface area contributed by atoms with Crippen LogP contribution in [-0.4, -0.2) is 64.3 Å². The van der Waals surface area contributed by atoms with Crippen molar-refractivity contribution >= 4 is 37.2 Å². The van der Waals surface area contributed by atoms with Gasteiger partial charge in [-0.1, -0.05) is 35.4 Å². The fourth-order valence-electron chi connectivity index (χ4n) is 7.32. The normalized spacial score (nSPS) is 22.1. The number of ether oxygens (including phenoxy) is 1. The van der Waals surface area contributed by atoms with E-state index in [2.05, 4.69) is 48.6 Å². The van der Waals surface area contributed by atoms with Crippen LogP contribution in [0.15, 0.2) is 72.0 Å². The number of allylic oxidation sites excluding steroid dienone is 3. The minimum Gasteiger partial charge on any atom is -0.432 e. The van der Waals surface area contributed by atoms with Crippen LogP contribution >= 0.6 is 0 Å². The number of carbonyl (C=O) groups is 2. The minimum atomic E-state index is -2.88. The summed E-state index contributed by atoms with van der Waals surface area (Å²) in [5, 5.41) is 20.6. The number of hydrogen-bond acceptors (Lipinski definition) is 8. The van der Waals surface area contributed by atoms with Crippen molar-refractivity contribution in [1.82, 2.24) is 15.0 Å². The molecule has 49 heavy (non-hydrogen) atoms. The summed E-state index contributed by atoms with van der Waals surface area (Å²) in [6.07, 6.45) is 8.44. The van der Waals surface area contributed by atoms with Gasteiger partial charge in [-0.05, 0) is 95.6 Å². The van der Waals surface area contributed by atoms with Gasteiger partial charge >= 0.3 is 0 Å². The molecule has 3 heterocycles. The quantitative estimate of drug-likeness (QED) is 0.103. The molecule has 12 heteroatoms. The molecule has 0 bridgehead atoms. The molecule has 1 aromatic heterocycles. The summed E-state index contributed by atoms with van der Waals surface area (Å²) in [6.45, 7) is 12.9. The number of anilines is 3. The Bertz CT molecular complexity index is 1730. The van der Waals surface area contributed by atoms with E-state index in [1.54, 1.807) is 40.0 Å². The SMILES string of the molecule is CC(C)=CCC/C(C)=C/CN1C(=O)[C@]2(O[C@H](CCn3cc(CCO)nn3)[C@@H]([Si](C)(C)O)[C@@H]2C)c2cc(NC(=O)c3ccc(N)cc3)ccc21. The second kappa shape index (κ2) is 14.8. The van der Waals surface area contributed by atoms with E-state index < -0.39 is 20.0 Å². The van der Waals surface area contributed by atoms with Crippen LogP contribution in [0.25, 0.3) is 0 Å². The first-order valence-electron chi connectivity index (χ1n) is 17.1. The highest BCUT2D eigenvalue weighted by Gasteiger charge is 2.66. The van der Waals surface area contributed by atoms with Crippen molar-refractivity contribution in [2.24, 2.45) is 5.92 Å². The second-order valence-corrected chi connectivity index (χ2v) is 18.2. The molecule has 4 atom stereocenters. The van der Waals surface area contributed by atoms with Crippen LogP contribution in [0.2, 0.25) is 18.6 Å². The number of aryl methyl sites for hydroxylation is 1. The van der Waals surface area contributed by atoms with Crippen molar-refractivity contribution in [3.05, 3.63) is 88.8 Å². The van der Waals surface area contributed by atoms with E-state index in [0.717, 1.165) is 18.5 Å². The van der Waals surface area contributed by atoms with Gasteiger partial charge in [0.05, 0.1) is 17.5 Å². The molecule has 0 unspecified atom stereocenters. The van der Waals surface area contributed by atoms with Gasteiger partial charge < -0.3 is 30.6 Å². The number of nitrogens with two attached hydrogens (primary N) is 1. The van der Waals surface area contributed by atoms with Crippen molar-refractivity contribution in [2.75, 3.05) is 29.1 Å². The molecule has 3 aromatic rings. The van der Waals surface area contributed by atoms with E-state index in [1.165, 1.54) is 11.1 Å². The van der Waals surface area contributed by atoms with Gasteiger partial charge in [-0.15, -0.1) is 5.10 Å². The van der Waals surface area contributed by atoms with Crippen LogP contribution in [-0.2, 0) is 28.1 Å². The molecule has 2 amide bonds. The van der Waals surface area contributed by atoms with E-state index in [4.69, 9.17) is 10.5 Å². The Hall–Kier alpha value is -4.10. The zero-order chi connectivity index (χ0) is 35.5. The highest BCUT2D eigenvalue weighted by Crippen LogP contribution is 2.60. The number of benzene rings is 2. The first-order valence-corrected chi connectivity index (χ1v) is 20.1. The number of carbonyl (C=O) groups excluding carboxylic acids is 2. The third kappa shape index (κ3) is 7.72. The lowest BCUT2D eigenvalue weighted by Crippen LogP contribution is -2.46. The molecular weight excluding hydrogens is 637 g/mol. The summed E-state index contributed by atoms with van der Waals surface area (Å²) < 4.78 is 8.71. The summed E-state index contributed by atoms with van der Waals surface area (Å²) in [4.78, 5) is 41.5. The van der Waals surface area contributed by atoms with Gasteiger partial charge in [0, 0.05) is 66.3 Å². The topological polar surface area (TPSA) is 156 Å². The number of rotatable bonds is 13. The van der Waals surface area contributed by atoms with Gasteiger partial charge in [-0.25, -0.2) is 0 Å². The Morgan fingerprint density at radius 1 is 1.14 bits per heavy atom. The van der Waals surface area contributed by atoms with E-state index in [9.17, 15) is 19.5 Å². The Kier molecular flexibility index (Phi) is 10.9. The zero-order valence-electron chi connectivity index (χ0n) is 29.4. The molecule has 11 nitrogen and oxygen atoms in total. The fraction of sp³-hybridized carbons (Fsp3) is 0.459. The molecule has 262 valence electrons. The van der Waals surface area contributed by atoms with Crippen molar-refractivity contribution in [2.45, 2.75) is 90.3 Å². The van der Waals surface area contributed by atoms with Crippen LogP contribution in [0.1, 0.15) is 68.6 Å². The number of nitrogen functional groups attached to an aromatic ring is 1. The molecule has 0 saturated carbocycles. The summed E-state index contributed by atoms with van der Waals surface area (Å²) in [5.74, 6) is -0.812. The first-order chi connectivity index (χ1) is 23.2. The molecule has 5 rings (SSSR count). The molecule has 1 spiro atoms. The molecule has 2 aliphatic heterocycles. The number of aromatic nitrogens is 3. The van der Waals surface area contributed by atoms with Crippen LogP contribution in [0.5, 0.6) is 0 Å². The molecule has 1 saturated heterocycles.